The minimum Gasteiger partial charge on any atom is -0.271 e. The number of halogens is 1. The monoisotopic (exact) mass is 230 g/mol. The van der Waals surface area contributed by atoms with Crippen molar-refractivity contribution in [2.75, 3.05) is 0 Å². The van der Waals surface area contributed by atoms with Crippen molar-refractivity contribution < 1.29 is 0 Å². The van der Waals surface area contributed by atoms with Crippen molar-refractivity contribution in [3.8, 4) is 0 Å². The van der Waals surface area contributed by atoms with Crippen molar-refractivity contribution in [2.45, 2.75) is 32.2 Å². The van der Waals surface area contributed by atoms with Gasteiger partial charge in [0.05, 0.1) is 11.1 Å². The molecule has 2 rings (SSSR count). The summed E-state index contributed by atoms with van der Waals surface area (Å²) in [6.45, 7) is 2.04. The zero-order valence-electron chi connectivity index (χ0n) is 8.22. The lowest BCUT2D eigenvalue weighted by Gasteiger charge is -2.32. The molecule has 4 heteroatoms. The molecule has 14 heavy (non-hydrogen) atoms. The molecule has 1 aliphatic rings. The minimum absolute atomic E-state index is 0.259. The van der Waals surface area contributed by atoms with E-state index in [0.29, 0.717) is 5.92 Å². The van der Waals surface area contributed by atoms with Gasteiger partial charge in [0.15, 0.2) is 0 Å². The van der Waals surface area contributed by atoms with Crippen molar-refractivity contribution in [3.05, 3.63) is 20.8 Å². The molecule has 1 unspecified atom stereocenters. The van der Waals surface area contributed by atoms with Gasteiger partial charge in [-0.15, -0.1) is 11.3 Å². The van der Waals surface area contributed by atoms with E-state index in [1.807, 2.05) is 6.92 Å². The van der Waals surface area contributed by atoms with E-state index in [9.17, 15) is 0 Å². The zero-order valence-corrected chi connectivity index (χ0v) is 9.79. The Balaban J connectivity index is 2.22. The lowest BCUT2D eigenvalue weighted by molar-refractivity contribution is 0.235. The summed E-state index contributed by atoms with van der Waals surface area (Å²) in [5.41, 5.74) is 4.06. The van der Waals surface area contributed by atoms with E-state index in [2.05, 4.69) is 10.8 Å². The summed E-state index contributed by atoms with van der Waals surface area (Å²) in [7, 11) is 0. The maximum absolute atomic E-state index is 6.22. The highest BCUT2D eigenvalue weighted by Gasteiger charge is 2.30. The normalized spacial score (nSPS) is 19.4. The predicted octanol–water partition coefficient (Wildman–Crippen LogP) is 3.01. The first-order valence-corrected chi connectivity index (χ1v) is 6.19. The molecule has 0 amide bonds. The maximum atomic E-state index is 6.22. The standard InChI is InChI=1S/C10H15ClN2S/c1-6-5-14-10(8(6)11)9(13-12)7-3-2-4-7/h5,7,9,13H,2-4,12H2,1H3. The Bertz CT molecular complexity index is 320. The van der Waals surface area contributed by atoms with Gasteiger partial charge in [0, 0.05) is 4.88 Å². The molecular formula is C10H15ClN2S. The third-order valence-electron chi connectivity index (χ3n) is 3.01. The van der Waals surface area contributed by atoms with Crippen LogP contribution in [0.5, 0.6) is 0 Å². The molecule has 0 spiro atoms. The topological polar surface area (TPSA) is 38.0 Å². The summed E-state index contributed by atoms with van der Waals surface area (Å²) in [6.07, 6.45) is 3.86. The highest BCUT2D eigenvalue weighted by atomic mass is 35.5. The molecule has 0 radical (unpaired) electrons. The van der Waals surface area contributed by atoms with E-state index < -0.39 is 0 Å². The Kier molecular flexibility index (Phi) is 3.12. The summed E-state index contributed by atoms with van der Waals surface area (Å²) in [4.78, 5) is 1.20. The Hall–Kier alpha value is -0.0900. The van der Waals surface area contributed by atoms with E-state index in [-0.39, 0.29) is 6.04 Å². The molecular weight excluding hydrogens is 216 g/mol. The Morgan fingerprint density at radius 2 is 2.36 bits per heavy atom. The summed E-state index contributed by atoms with van der Waals surface area (Å²) in [5.74, 6) is 6.27. The van der Waals surface area contributed by atoms with Gasteiger partial charge in [-0.1, -0.05) is 18.0 Å². The van der Waals surface area contributed by atoms with Gasteiger partial charge in [-0.25, -0.2) is 0 Å². The molecule has 1 saturated carbocycles. The van der Waals surface area contributed by atoms with Crippen LogP contribution < -0.4 is 11.3 Å². The van der Waals surface area contributed by atoms with E-state index in [0.717, 1.165) is 10.6 Å². The van der Waals surface area contributed by atoms with Gasteiger partial charge < -0.3 is 0 Å². The van der Waals surface area contributed by atoms with Gasteiger partial charge in [0.25, 0.3) is 0 Å². The molecule has 0 aromatic carbocycles. The first-order valence-electron chi connectivity index (χ1n) is 4.93. The lowest BCUT2D eigenvalue weighted by atomic mass is 9.79. The van der Waals surface area contributed by atoms with E-state index >= 15 is 0 Å². The van der Waals surface area contributed by atoms with Crippen LogP contribution in [0.15, 0.2) is 5.38 Å². The van der Waals surface area contributed by atoms with E-state index in [1.165, 1.54) is 24.1 Å². The van der Waals surface area contributed by atoms with Crippen molar-refractivity contribution >= 4 is 22.9 Å². The predicted molar refractivity (Wildman–Crippen MR) is 61.5 cm³/mol. The fourth-order valence-corrected chi connectivity index (χ4v) is 3.32. The van der Waals surface area contributed by atoms with Gasteiger partial charge in [-0.2, -0.15) is 0 Å². The fraction of sp³-hybridized carbons (Fsp3) is 0.600. The number of thiophene rings is 1. The molecule has 0 bridgehead atoms. The van der Waals surface area contributed by atoms with Crippen LogP contribution in [-0.4, -0.2) is 0 Å². The van der Waals surface area contributed by atoms with Gasteiger partial charge in [0.2, 0.25) is 0 Å². The summed E-state index contributed by atoms with van der Waals surface area (Å²) in [6, 6.07) is 0.259. The van der Waals surface area contributed by atoms with Gasteiger partial charge in [-0.05, 0) is 36.6 Å². The minimum atomic E-state index is 0.259. The number of aryl methyl sites for hydroxylation is 1. The van der Waals surface area contributed by atoms with Crippen molar-refractivity contribution in [3.63, 3.8) is 0 Å². The average Bonchev–Trinajstić information content (AvgIpc) is 2.41. The Morgan fingerprint density at radius 1 is 1.64 bits per heavy atom. The Morgan fingerprint density at radius 3 is 2.71 bits per heavy atom. The van der Waals surface area contributed by atoms with Crippen LogP contribution in [0.4, 0.5) is 0 Å². The number of hydrogen-bond acceptors (Lipinski definition) is 3. The van der Waals surface area contributed by atoms with E-state index in [1.54, 1.807) is 11.3 Å². The van der Waals surface area contributed by atoms with Gasteiger partial charge >= 0.3 is 0 Å². The molecule has 3 N–H and O–H groups in total. The van der Waals surface area contributed by atoms with Crippen LogP contribution in [0, 0.1) is 12.8 Å². The number of rotatable bonds is 3. The second kappa shape index (κ2) is 4.19. The highest BCUT2D eigenvalue weighted by molar-refractivity contribution is 7.10. The second-order valence-corrected chi connectivity index (χ2v) is 5.22. The van der Waals surface area contributed by atoms with Gasteiger partial charge in [-0.3, -0.25) is 11.3 Å². The summed E-state index contributed by atoms with van der Waals surface area (Å²) < 4.78 is 0. The molecule has 1 aliphatic carbocycles. The summed E-state index contributed by atoms with van der Waals surface area (Å²) in [5, 5.41) is 2.99. The third kappa shape index (κ3) is 1.70. The molecule has 1 fully saturated rings. The number of nitrogens with one attached hydrogen (secondary N) is 1. The molecule has 1 aromatic rings. The smallest absolute Gasteiger partial charge is 0.0596 e. The number of hydrazine groups is 1. The van der Waals surface area contributed by atoms with Crippen LogP contribution in [0.3, 0.4) is 0 Å². The van der Waals surface area contributed by atoms with Crippen molar-refractivity contribution in [1.29, 1.82) is 0 Å². The Labute approximate surface area is 93.4 Å². The average molecular weight is 231 g/mol. The molecule has 2 nitrogen and oxygen atoms in total. The molecule has 1 atom stereocenters. The van der Waals surface area contributed by atoms with Crippen molar-refractivity contribution in [1.82, 2.24) is 5.43 Å². The van der Waals surface area contributed by atoms with Crippen LogP contribution in [0.2, 0.25) is 5.02 Å². The first kappa shape index (κ1) is 10.4. The zero-order chi connectivity index (χ0) is 10.1. The number of nitrogens with two attached hydrogens (primary N) is 1. The molecule has 0 aliphatic heterocycles. The SMILES string of the molecule is Cc1csc(C(NN)C2CCC2)c1Cl. The highest BCUT2D eigenvalue weighted by Crippen LogP contribution is 2.42. The fourth-order valence-electron chi connectivity index (χ4n) is 1.86. The van der Waals surface area contributed by atoms with Crippen LogP contribution in [0.25, 0.3) is 0 Å². The first-order chi connectivity index (χ1) is 6.74. The largest absolute Gasteiger partial charge is 0.271 e. The number of hydrogen-bond donors (Lipinski definition) is 2. The maximum Gasteiger partial charge on any atom is 0.0596 e. The van der Waals surface area contributed by atoms with Crippen LogP contribution >= 0.6 is 22.9 Å². The third-order valence-corrected chi connectivity index (χ3v) is 4.81. The molecule has 1 heterocycles. The lowest BCUT2D eigenvalue weighted by Crippen LogP contribution is -2.36. The van der Waals surface area contributed by atoms with Crippen LogP contribution in [-0.2, 0) is 0 Å². The molecule has 1 aromatic heterocycles. The second-order valence-electron chi connectivity index (χ2n) is 3.93. The summed E-state index contributed by atoms with van der Waals surface area (Å²) >= 11 is 7.93. The quantitative estimate of drug-likeness (QED) is 0.619. The van der Waals surface area contributed by atoms with Gasteiger partial charge in [0.1, 0.15) is 0 Å². The van der Waals surface area contributed by atoms with Crippen molar-refractivity contribution in [2.24, 2.45) is 11.8 Å². The van der Waals surface area contributed by atoms with Crippen LogP contribution in [0.1, 0.15) is 35.7 Å². The molecule has 0 saturated heterocycles. The molecule has 78 valence electrons. The van der Waals surface area contributed by atoms with E-state index in [4.69, 9.17) is 17.4 Å².